The zero-order chi connectivity index (χ0) is 17.0. The summed E-state index contributed by atoms with van der Waals surface area (Å²) in [6.45, 7) is 0.974. The van der Waals surface area contributed by atoms with Crippen molar-refractivity contribution in [2.24, 2.45) is 0 Å². The molecule has 0 radical (unpaired) electrons. The van der Waals surface area contributed by atoms with Gasteiger partial charge in [-0.2, -0.15) is 0 Å². The Morgan fingerprint density at radius 3 is 2.64 bits per heavy atom. The minimum Gasteiger partial charge on any atom is -0.345 e. The third-order valence-corrected chi connectivity index (χ3v) is 6.28. The molecule has 3 rings (SSSR count). The number of hydrogen-bond donors (Lipinski definition) is 3. The number of fused-ring (bicyclic) bond motifs is 1. The number of hydrogen-bond acceptors (Lipinski definition) is 4. The van der Waals surface area contributed by atoms with Crippen molar-refractivity contribution in [1.29, 1.82) is 0 Å². The van der Waals surface area contributed by atoms with Gasteiger partial charge in [-0.15, -0.1) is 12.4 Å². The Morgan fingerprint density at radius 2 is 1.92 bits per heavy atom. The molecule has 0 unspecified atom stereocenters. The van der Waals surface area contributed by atoms with Crippen LogP contribution in [0.5, 0.6) is 0 Å². The minimum absolute atomic E-state index is 0. The summed E-state index contributed by atoms with van der Waals surface area (Å²) >= 11 is 6.12. The first kappa shape index (κ1) is 20.5. The number of H-pyrrole nitrogens is 1. The van der Waals surface area contributed by atoms with Crippen LogP contribution in [0, 0.1) is 0 Å². The van der Waals surface area contributed by atoms with E-state index in [1.165, 1.54) is 44.7 Å². The maximum absolute atomic E-state index is 12.5. The van der Waals surface area contributed by atoms with E-state index in [4.69, 9.17) is 11.6 Å². The van der Waals surface area contributed by atoms with Crippen molar-refractivity contribution in [3.63, 3.8) is 0 Å². The van der Waals surface area contributed by atoms with E-state index in [0.717, 1.165) is 0 Å². The van der Waals surface area contributed by atoms with Crippen LogP contribution in [0.25, 0.3) is 11.0 Å². The number of pyridine rings is 1. The summed E-state index contributed by atoms with van der Waals surface area (Å²) in [5.41, 5.74) is 0.472. The second-order valence-corrected chi connectivity index (χ2v) is 8.35. The van der Waals surface area contributed by atoms with Gasteiger partial charge in [0.2, 0.25) is 10.0 Å². The highest BCUT2D eigenvalue weighted by atomic mass is 35.5. The van der Waals surface area contributed by atoms with Crippen LogP contribution < -0.4 is 10.0 Å². The van der Waals surface area contributed by atoms with E-state index in [9.17, 15) is 8.42 Å². The van der Waals surface area contributed by atoms with Gasteiger partial charge in [0.15, 0.2) is 0 Å². The predicted octanol–water partition coefficient (Wildman–Crippen LogP) is 3.23. The van der Waals surface area contributed by atoms with E-state index in [1.54, 1.807) is 12.3 Å². The fourth-order valence-corrected chi connectivity index (χ4v) is 4.74. The number of nitrogens with one attached hydrogen (secondary N) is 3. The average Bonchev–Trinajstić information content (AvgIpc) is 2.84. The number of aromatic nitrogens is 2. The molecule has 140 valence electrons. The SMILES string of the molecule is Cl.O=S(=O)(NCCNC1CCCCCC1)c1c[nH]c2nccc(Cl)c12. The number of nitrogens with zero attached hydrogens (tertiary/aromatic N) is 1. The highest BCUT2D eigenvalue weighted by molar-refractivity contribution is 7.89. The monoisotopic (exact) mass is 406 g/mol. The summed E-state index contributed by atoms with van der Waals surface area (Å²) in [5.74, 6) is 0. The van der Waals surface area contributed by atoms with Gasteiger partial charge in [-0.3, -0.25) is 0 Å². The highest BCUT2D eigenvalue weighted by Crippen LogP contribution is 2.27. The molecule has 1 saturated carbocycles. The van der Waals surface area contributed by atoms with Crippen molar-refractivity contribution in [3.8, 4) is 0 Å². The molecular weight excluding hydrogens is 383 g/mol. The molecule has 0 atom stereocenters. The molecule has 1 fully saturated rings. The van der Waals surface area contributed by atoms with Crippen LogP contribution >= 0.6 is 24.0 Å². The largest absolute Gasteiger partial charge is 0.345 e. The normalized spacial score (nSPS) is 16.5. The molecule has 0 spiro atoms. The fraction of sp³-hybridized carbons (Fsp3) is 0.562. The quantitative estimate of drug-likeness (QED) is 0.507. The minimum atomic E-state index is -3.62. The van der Waals surface area contributed by atoms with Crippen LogP contribution in [-0.4, -0.2) is 37.5 Å². The standard InChI is InChI=1S/C16H23ClN4O2S.ClH/c17-13-7-8-19-16-15(13)14(11-20-16)24(22,23)21-10-9-18-12-5-3-1-2-4-6-12;/h7-8,11-12,18,21H,1-6,9-10H2,(H,19,20);1H. The van der Waals surface area contributed by atoms with E-state index in [1.807, 2.05) is 0 Å². The Balaban J connectivity index is 0.00000225. The molecule has 2 heterocycles. The zero-order valence-corrected chi connectivity index (χ0v) is 16.3. The summed E-state index contributed by atoms with van der Waals surface area (Å²) in [7, 11) is -3.62. The van der Waals surface area contributed by atoms with E-state index in [2.05, 4.69) is 20.0 Å². The molecule has 3 N–H and O–H groups in total. The van der Waals surface area contributed by atoms with Crippen molar-refractivity contribution in [2.75, 3.05) is 13.1 Å². The molecule has 0 amide bonds. The van der Waals surface area contributed by atoms with Crippen LogP contribution in [0.4, 0.5) is 0 Å². The molecule has 2 aromatic heterocycles. The Bertz CT molecular complexity index is 787. The summed E-state index contributed by atoms with van der Waals surface area (Å²) in [6.07, 6.45) is 10.5. The van der Waals surface area contributed by atoms with Gasteiger partial charge in [0, 0.05) is 31.5 Å². The van der Waals surface area contributed by atoms with Gasteiger partial charge in [-0.05, 0) is 18.9 Å². The Labute approximate surface area is 159 Å². The maximum Gasteiger partial charge on any atom is 0.242 e. The second-order valence-electron chi connectivity index (χ2n) is 6.21. The molecule has 0 aliphatic heterocycles. The fourth-order valence-electron chi connectivity index (χ4n) is 3.22. The lowest BCUT2D eigenvalue weighted by molar-refractivity contribution is 0.461. The lowest BCUT2D eigenvalue weighted by Crippen LogP contribution is -2.36. The van der Waals surface area contributed by atoms with Gasteiger partial charge >= 0.3 is 0 Å². The molecule has 0 bridgehead atoms. The molecule has 2 aromatic rings. The van der Waals surface area contributed by atoms with Gasteiger partial charge in [-0.25, -0.2) is 18.1 Å². The van der Waals surface area contributed by atoms with Crippen LogP contribution in [0.1, 0.15) is 38.5 Å². The van der Waals surface area contributed by atoms with Gasteiger partial charge < -0.3 is 10.3 Å². The van der Waals surface area contributed by atoms with Crippen LogP contribution in [0.3, 0.4) is 0 Å². The van der Waals surface area contributed by atoms with Crippen LogP contribution in [0.2, 0.25) is 5.02 Å². The highest BCUT2D eigenvalue weighted by Gasteiger charge is 2.21. The first-order valence-electron chi connectivity index (χ1n) is 8.42. The van der Waals surface area contributed by atoms with Gasteiger partial charge in [-0.1, -0.05) is 37.3 Å². The number of rotatable bonds is 6. The number of sulfonamides is 1. The molecule has 1 aliphatic carbocycles. The van der Waals surface area contributed by atoms with Crippen molar-refractivity contribution in [1.82, 2.24) is 20.0 Å². The average molecular weight is 407 g/mol. The Morgan fingerprint density at radius 1 is 1.20 bits per heavy atom. The summed E-state index contributed by atoms with van der Waals surface area (Å²) in [5, 5.41) is 4.26. The summed E-state index contributed by atoms with van der Waals surface area (Å²) < 4.78 is 27.7. The molecule has 25 heavy (non-hydrogen) atoms. The molecule has 9 heteroatoms. The van der Waals surface area contributed by atoms with Crippen molar-refractivity contribution < 1.29 is 8.42 Å². The molecule has 1 aliphatic rings. The predicted molar refractivity (Wildman–Crippen MR) is 103 cm³/mol. The number of aromatic amines is 1. The van der Waals surface area contributed by atoms with E-state index in [0.29, 0.717) is 35.2 Å². The summed E-state index contributed by atoms with van der Waals surface area (Å²) in [6, 6.07) is 2.09. The van der Waals surface area contributed by atoms with Gasteiger partial charge in [0.25, 0.3) is 0 Å². The van der Waals surface area contributed by atoms with E-state index < -0.39 is 10.0 Å². The second kappa shape index (κ2) is 9.19. The zero-order valence-electron chi connectivity index (χ0n) is 13.9. The third kappa shape index (κ3) is 5.08. The number of halogens is 2. The lowest BCUT2D eigenvalue weighted by Gasteiger charge is -2.16. The Kier molecular flexibility index (Phi) is 7.51. The first-order valence-corrected chi connectivity index (χ1v) is 10.3. The van der Waals surface area contributed by atoms with E-state index >= 15 is 0 Å². The molecule has 0 saturated heterocycles. The van der Waals surface area contributed by atoms with E-state index in [-0.39, 0.29) is 17.3 Å². The van der Waals surface area contributed by atoms with Gasteiger partial charge in [0.1, 0.15) is 10.5 Å². The topological polar surface area (TPSA) is 86.9 Å². The summed E-state index contributed by atoms with van der Waals surface area (Å²) in [4.78, 5) is 7.10. The lowest BCUT2D eigenvalue weighted by atomic mass is 10.1. The molecular formula is C16H24Cl2N4O2S. The Hall–Kier alpha value is -0.860. The maximum atomic E-state index is 12.5. The van der Waals surface area contributed by atoms with Crippen molar-refractivity contribution >= 4 is 45.1 Å². The van der Waals surface area contributed by atoms with Crippen LogP contribution in [0.15, 0.2) is 23.4 Å². The van der Waals surface area contributed by atoms with Gasteiger partial charge in [0.05, 0.1) is 10.4 Å². The first-order chi connectivity index (χ1) is 11.6. The van der Waals surface area contributed by atoms with Crippen molar-refractivity contribution in [3.05, 3.63) is 23.5 Å². The van der Waals surface area contributed by atoms with Crippen LogP contribution in [-0.2, 0) is 10.0 Å². The molecule has 6 nitrogen and oxygen atoms in total. The smallest absolute Gasteiger partial charge is 0.242 e. The van der Waals surface area contributed by atoms with Crippen molar-refractivity contribution in [2.45, 2.75) is 49.5 Å². The molecule has 0 aromatic carbocycles. The third-order valence-electron chi connectivity index (χ3n) is 4.48.